The monoisotopic (exact) mass is 328 g/mol. The van der Waals surface area contributed by atoms with E-state index in [4.69, 9.17) is 16.7 Å². The molecule has 1 aliphatic rings. The van der Waals surface area contributed by atoms with Gasteiger partial charge in [-0.15, -0.1) is 0 Å². The Labute approximate surface area is 132 Å². The Morgan fingerprint density at radius 2 is 2.05 bits per heavy atom. The quantitative estimate of drug-likeness (QED) is 0.792. The normalized spacial score (nSPS) is 15.5. The third kappa shape index (κ3) is 4.82. The van der Waals surface area contributed by atoms with E-state index in [0.29, 0.717) is 17.5 Å². The van der Waals surface area contributed by atoms with E-state index in [1.807, 2.05) is 11.8 Å². The largest absolute Gasteiger partial charge is 0.478 e. The molecule has 0 saturated carbocycles. The third-order valence-electron chi connectivity index (χ3n) is 3.35. The number of benzene rings is 1. The van der Waals surface area contributed by atoms with Gasteiger partial charge in [-0.3, -0.25) is 0 Å². The molecule has 5 nitrogen and oxygen atoms in total. The number of hydrogen-bond acceptors (Lipinski definition) is 3. The van der Waals surface area contributed by atoms with Gasteiger partial charge >= 0.3 is 12.0 Å². The van der Waals surface area contributed by atoms with Gasteiger partial charge in [0.05, 0.1) is 11.3 Å². The minimum Gasteiger partial charge on any atom is -0.478 e. The standard InChI is InChI=1S/C14H17ClN2O3S/c15-10-1-2-12(11(7-10)13(18)19)17-14(20)16-8-9-3-5-21-6-4-9/h1-2,7,9H,3-6,8H2,(H,18,19)(H2,16,17,20). The molecule has 3 N–H and O–H groups in total. The summed E-state index contributed by atoms with van der Waals surface area (Å²) in [6.07, 6.45) is 2.21. The van der Waals surface area contributed by atoms with Crippen LogP contribution in [0.25, 0.3) is 0 Å². The Hall–Kier alpha value is -1.40. The molecule has 1 aromatic carbocycles. The lowest BCUT2D eigenvalue weighted by Crippen LogP contribution is -2.34. The number of carbonyl (C=O) groups is 2. The molecule has 1 heterocycles. The molecule has 1 aromatic rings. The van der Waals surface area contributed by atoms with Gasteiger partial charge in [-0.25, -0.2) is 9.59 Å². The molecular weight excluding hydrogens is 312 g/mol. The van der Waals surface area contributed by atoms with Crippen LogP contribution in [0.4, 0.5) is 10.5 Å². The molecule has 7 heteroatoms. The number of rotatable bonds is 4. The van der Waals surface area contributed by atoms with Crippen LogP contribution in [0.15, 0.2) is 18.2 Å². The van der Waals surface area contributed by atoms with Crippen LogP contribution in [0.3, 0.4) is 0 Å². The summed E-state index contributed by atoms with van der Waals surface area (Å²) in [7, 11) is 0. The summed E-state index contributed by atoms with van der Waals surface area (Å²) < 4.78 is 0. The maximum absolute atomic E-state index is 11.9. The van der Waals surface area contributed by atoms with Gasteiger partial charge in [-0.05, 0) is 48.5 Å². The highest BCUT2D eigenvalue weighted by Crippen LogP contribution is 2.22. The number of carboxylic acid groups (broad SMARTS) is 1. The summed E-state index contributed by atoms with van der Waals surface area (Å²) in [5.41, 5.74) is 0.218. The van der Waals surface area contributed by atoms with E-state index in [-0.39, 0.29) is 11.3 Å². The molecule has 0 aromatic heterocycles. The zero-order valence-corrected chi connectivity index (χ0v) is 13.0. The lowest BCUT2D eigenvalue weighted by molar-refractivity contribution is 0.0698. The number of aromatic carboxylic acids is 1. The topological polar surface area (TPSA) is 78.4 Å². The summed E-state index contributed by atoms with van der Waals surface area (Å²) in [5, 5.41) is 14.8. The number of amides is 2. The van der Waals surface area contributed by atoms with Crippen molar-refractivity contribution in [3.05, 3.63) is 28.8 Å². The van der Waals surface area contributed by atoms with Crippen LogP contribution < -0.4 is 10.6 Å². The number of hydrogen-bond donors (Lipinski definition) is 3. The van der Waals surface area contributed by atoms with E-state index in [9.17, 15) is 9.59 Å². The van der Waals surface area contributed by atoms with Gasteiger partial charge in [-0.2, -0.15) is 11.8 Å². The summed E-state index contributed by atoms with van der Waals surface area (Å²) in [5.74, 6) is 1.64. The van der Waals surface area contributed by atoms with Crippen molar-refractivity contribution in [3.8, 4) is 0 Å². The first kappa shape index (κ1) is 16.0. The first-order valence-electron chi connectivity index (χ1n) is 6.71. The molecule has 1 saturated heterocycles. The van der Waals surface area contributed by atoms with E-state index in [2.05, 4.69) is 10.6 Å². The summed E-state index contributed by atoms with van der Waals surface area (Å²) in [6.45, 7) is 0.613. The van der Waals surface area contributed by atoms with Gasteiger partial charge in [-0.1, -0.05) is 11.6 Å². The fraction of sp³-hybridized carbons (Fsp3) is 0.429. The van der Waals surface area contributed by atoms with E-state index in [1.54, 1.807) is 6.07 Å². The molecule has 0 aliphatic carbocycles. The molecule has 1 fully saturated rings. The fourth-order valence-electron chi connectivity index (χ4n) is 2.16. The van der Waals surface area contributed by atoms with E-state index < -0.39 is 12.0 Å². The zero-order valence-electron chi connectivity index (χ0n) is 11.4. The first-order chi connectivity index (χ1) is 10.1. The number of anilines is 1. The SMILES string of the molecule is O=C(NCC1CCSCC1)Nc1ccc(Cl)cc1C(=O)O. The van der Waals surface area contributed by atoms with Gasteiger partial charge in [0.25, 0.3) is 0 Å². The smallest absolute Gasteiger partial charge is 0.337 e. The molecular formula is C14H17ClN2O3S. The Kier molecular flexibility index (Phi) is 5.76. The van der Waals surface area contributed by atoms with Crippen LogP contribution >= 0.6 is 23.4 Å². The van der Waals surface area contributed by atoms with Crippen molar-refractivity contribution in [2.24, 2.45) is 5.92 Å². The van der Waals surface area contributed by atoms with Crippen LogP contribution in [-0.4, -0.2) is 35.2 Å². The molecule has 0 bridgehead atoms. The van der Waals surface area contributed by atoms with E-state index in [0.717, 1.165) is 24.3 Å². The maximum atomic E-state index is 11.9. The Morgan fingerprint density at radius 1 is 1.33 bits per heavy atom. The Bertz CT molecular complexity index is 533. The Balaban J connectivity index is 1.91. The van der Waals surface area contributed by atoms with Crippen molar-refractivity contribution in [2.75, 3.05) is 23.4 Å². The lowest BCUT2D eigenvalue weighted by atomic mass is 10.0. The highest BCUT2D eigenvalue weighted by atomic mass is 35.5. The fourth-order valence-corrected chi connectivity index (χ4v) is 3.53. The average molecular weight is 329 g/mol. The second kappa shape index (κ2) is 7.56. The number of carbonyl (C=O) groups excluding carboxylic acids is 1. The third-order valence-corrected chi connectivity index (χ3v) is 4.64. The first-order valence-corrected chi connectivity index (χ1v) is 8.25. The van der Waals surface area contributed by atoms with Crippen molar-refractivity contribution >= 4 is 41.1 Å². The van der Waals surface area contributed by atoms with Crippen LogP contribution in [0.1, 0.15) is 23.2 Å². The van der Waals surface area contributed by atoms with Gasteiger partial charge < -0.3 is 15.7 Å². The highest BCUT2D eigenvalue weighted by molar-refractivity contribution is 7.99. The van der Waals surface area contributed by atoms with Crippen molar-refractivity contribution in [2.45, 2.75) is 12.8 Å². The molecule has 0 spiro atoms. The molecule has 0 radical (unpaired) electrons. The highest BCUT2D eigenvalue weighted by Gasteiger charge is 2.16. The molecule has 114 valence electrons. The maximum Gasteiger partial charge on any atom is 0.337 e. The van der Waals surface area contributed by atoms with Gasteiger partial charge in [0.1, 0.15) is 0 Å². The summed E-state index contributed by atoms with van der Waals surface area (Å²) in [4.78, 5) is 23.0. The van der Waals surface area contributed by atoms with Crippen LogP contribution in [0.2, 0.25) is 5.02 Å². The van der Waals surface area contributed by atoms with Crippen molar-refractivity contribution in [3.63, 3.8) is 0 Å². The minimum absolute atomic E-state index is 0.0216. The number of nitrogens with one attached hydrogen (secondary N) is 2. The van der Waals surface area contributed by atoms with Gasteiger partial charge in [0.2, 0.25) is 0 Å². The molecule has 2 amide bonds. The van der Waals surface area contributed by atoms with Crippen molar-refractivity contribution < 1.29 is 14.7 Å². The zero-order chi connectivity index (χ0) is 15.2. The van der Waals surface area contributed by atoms with Crippen molar-refractivity contribution in [1.29, 1.82) is 0 Å². The second-order valence-corrected chi connectivity index (χ2v) is 6.55. The number of urea groups is 1. The van der Waals surface area contributed by atoms with E-state index in [1.165, 1.54) is 12.1 Å². The van der Waals surface area contributed by atoms with Crippen molar-refractivity contribution in [1.82, 2.24) is 5.32 Å². The van der Waals surface area contributed by atoms with Crippen LogP contribution in [0, 0.1) is 5.92 Å². The summed E-state index contributed by atoms with van der Waals surface area (Å²) >= 11 is 7.70. The molecule has 0 atom stereocenters. The van der Waals surface area contributed by atoms with E-state index >= 15 is 0 Å². The molecule has 21 heavy (non-hydrogen) atoms. The lowest BCUT2D eigenvalue weighted by Gasteiger charge is -2.21. The minimum atomic E-state index is -1.13. The Morgan fingerprint density at radius 3 is 2.71 bits per heavy atom. The van der Waals surface area contributed by atoms with Gasteiger partial charge in [0, 0.05) is 11.6 Å². The number of carboxylic acids is 1. The van der Waals surface area contributed by atoms with Gasteiger partial charge in [0.15, 0.2) is 0 Å². The molecule has 0 unspecified atom stereocenters. The molecule has 2 rings (SSSR count). The predicted octanol–water partition coefficient (Wildman–Crippen LogP) is 3.30. The average Bonchev–Trinajstić information content (AvgIpc) is 2.48. The molecule has 1 aliphatic heterocycles. The second-order valence-electron chi connectivity index (χ2n) is 4.89. The van der Waals surface area contributed by atoms with Crippen LogP contribution in [0.5, 0.6) is 0 Å². The predicted molar refractivity (Wildman–Crippen MR) is 85.5 cm³/mol. The number of thioether (sulfide) groups is 1. The van der Waals surface area contributed by atoms with Crippen LogP contribution in [-0.2, 0) is 0 Å². The summed E-state index contributed by atoms with van der Waals surface area (Å²) in [6, 6.07) is 3.96. The number of halogens is 1.